The number of hydrogen-bond donors (Lipinski definition) is 0. The third kappa shape index (κ3) is 4.36. The summed E-state index contributed by atoms with van der Waals surface area (Å²) in [5, 5.41) is 0.00599. The molecular weight excluding hydrogens is 455 g/mol. The van der Waals surface area contributed by atoms with Crippen LogP contribution in [0, 0.1) is 0 Å². The number of amides is 2. The van der Waals surface area contributed by atoms with Gasteiger partial charge in [-0.05, 0) is 35.6 Å². The highest BCUT2D eigenvalue weighted by Gasteiger charge is 2.51. The zero-order chi connectivity index (χ0) is 23.7. The van der Waals surface area contributed by atoms with E-state index in [9.17, 15) is 36.0 Å². The van der Waals surface area contributed by atoms with E-state index in [0.717, 1.165) is 12.5 Å². The molecule has 2 amide bonds. The van der Waals surface area contributed by atoms with Crippen molar-refractivity contribution in [1.29, 1.82) is 0 Å². The predicted octanol–water partition coefficient (Wildman–Crippen LogP) is 3.57. The summed E-state index contributed by atoms with van der Waals surface area (Å²) in [6.07, 6.45) is 4.12. The third-order valence-electron chi connectivity index (χ3n) is 4.50. The molecule has 1 aliphatic rings. The number of carbonyl (C=O) groups excluding carboxylic acids is 3. The lowest BCUT2D eigenvalue weighted by Crippen LogP contribution is -2.44. The van der Waals surface area contributed by atoms with E-state index in [2.05, 4.69) is 4.28 Å². The number of carbonyl (C=O) groups is 3. The maximum Gasteiger partial charge on any atom is 0.525 e. The fourth-order valence-electron chi connectivity index (χ4n) is 2.97. The van der Waals surface area contributed by atoms with Crippen molar-refractivity contribution in [3.63, 3.8) is 0 Å². The lowest BCUT2D eigenvalue weighted by atomic mass is 9.92. The molecule has 2 aromatic rings. The van der Waals surface area contributed by atoms with Crippen LogP contribution in [0.3, 0.4) is 0 Å². The topological polar surface area (TPSA) is 107 Å². The van der Waals surface area contributed by atoms with Gasteiger partial charge in [0.05, 0.1) is 17.7 Å². The van der Waals surface area contributed by atoms with Crippen LogP contribution in [0.15, 0.2) is 36.4 Å². The van der Waals surface area contributed by atoms with Gasteiger partial charge in [0.25, 0.3) is 11.8 Å². The number of alkyl halides is 3. The monoisotopic (exact) mass is 471 g/mol. The number of ether oxygens (including phenoxy) is 1. The first-order valence-corrected chi connectivity index (χ1v) is 10.7. The van der Waals surface area contributed by atoms with Crippen LogP contribution in [-0.2, 0) is 23.9 Å². The van der Waals surface area contributed by atoms with Crippen molar-refractivity contribution >= 4 is 44.8 Å². The molecule has 0 fully saturated rings. The van der Waals surface area contributed by atoms with Crippen molar-refractivity contribution in [2.24, 2.45) is 0 Å². The smallest absolute Gasteiger partial charge is 0.463 e. The molecule has 0 N–H and O–H groups in total. The molecular formula is C20H16F3NO7S. The van der Waals surface area contributed by atoms with Crippen LogP contribution in [0.4, 0.5) is 13.2 Å². The van der Waals surface area contributed by atoms with Crippen molar-refractivity contribution in [2.45, 2.75) is 25.3 Å². The number of rotatable bonds is 7. The Kier molecular flexibility index (Phi) is 6.37. The van der Waals surface area contributed by atoms with Crippen molar-refractivity contribution in [3.8, 4) is 0 Å². The van der Waals surface area contributed by atoms with Gasteiger partial charge in [-0.3, -0.25) is 9.59 Å². The molecule has 0 saturated heterocycles. The molecule has 0 bridgehead atoms. The van der Waals surface area contributed by atoms with E-state index < -0.39 is 38.5 Å². The molecule has 170 valence electrons. The summed E-state index contributed by atoms with van der Waals surface area (Å²) in [5.74, 6) is -3.34. The van der Waals surface area contributed by atoms with Gasteiger partial charge in [-0.2, -0.15) is 21.6 Å². The summed E-state index contributed by atoms with van der Waals surface area (Å²) in [7, 11) is -6.25. The molecule has 12 heteroatoms. The van der Waals surface area contributed by atoms with E-state index in [1.165, 1.54) is 36.4 Å². The van der Waals surface area contributed by atoms with Crippen LogP contribution in [0.25, 0.3) is 16.8 Å². The molecule has 0 saturated carbocycles. The highest BCUT2D eigenvalue weighted by atomic mass is 32.2. The Balaban J connectivity index is 1.99. The van der Waals surface area contributed by atoms with Gasteiger partial charge in [0.1, 0.15) is 0 Å². The van der Waals surface area contributed by atoms with E-state index in [1.54, 1.807) is 0 Å². The van der Waals surface area contributed by atoms with Crippen LogP contribution in [0.5, 0.6) is 0 Å². The normalized spacial score (nSPS) is 14.4. The molecule has 1 aliphatic heterocycles. The van der Waals surface area contributed by atoms with Gasteiger partial charge < -0.3 is 4.74 Å². The number of halogens is 3. The quantitative estimate of drug-likeness (QED) is 0.200. The standard InChI is InChI=1S/C20H16F3NO7S/c1-2-3-11-30-16(25)10-8-12-7-9-15-17-13(12)5-4-6-14(17)18(26)24(19(15)27)31-32(28,29)20(21,22)23/h4-10H,2-3,11H2,1H3/b10-8-. The largest absolute Gasteiger partial charge is 0.525 e. The molecule has 3 rings (SSSR count). The van der Waals surface area contributed by atoms with Crippen LogP contribution in [-0.4, -0.2) is 43.4 Å². The Morgan fingerprint density at radius 1 is 1.09 bits per heavy atom. The second-order valence-corrected chi connectivity index (χ2v) is 8.18. The highest BCUT2D eigenvalue weighted by molar-refractivity contribution is 7.87. The predicted molar refractivity (Wildman–Crippen MR) is 105 cm³/mol. The van der Waals surface area contributed by atoms with E-state index in [-0.39, 0.29) is 23.1 Å². The van der Waals surface area contributed by atoms with Gasteiger partial charge in [0.2, 0.25) is 0 Å². The molecule has 32 heavy (non-hydrogen) atoms. The first kappa shape index (κ1) is 23.4. The number of benzene rings is 2. The molecule has 0 spiro atoms. The Hall–Kier alpha value is -3.25. The molecule has 0 unspecified atom stereocenters. The molecule has 0 aliphatic carbocycles. The lowest BCUT2D eigenvalue weighted by molar-refractivity contribution is -0.137. The Morgan fingerprint density at radius 3 is 2.38 bits per heavy atom. The second kappa shape index (κ2) is 8.71. The summed E-state index contributed by atoms with van der Waals surface area (Å²) < 4.78 is 69.4. The summed E-state index contributed by atoms with van der Waals surface area (Å²) in [6.45, 7) is 2.19. The molecule has 8 nitrogen and oxygen atoms in total. The van der Waals surface area contributed by atoms with E-state index >= 15 is 0 Å². The molecule has 0 radical (unpaired) electrons. The van der Waals surface area contributed by atoms with E-state index in [1.807, 2.05) is 6.92 Å². The minimum Gasteiger partial charge on any atom is -0.463 e. The van der Waals surface area contributed by atoms with Gasteiger partial charge in [-0.15, -0.1) is 9.35 Å². The third-order valence-corrected chi connectivity index (χ3v) is 5.41. The zero-order valence-corrected chi connectivity index (χ0v) is 17.3. The SMILES string of the molecule is CCCCOC(=O)/C=C\c1ccc2c3c(cccc13)C(=O)N(OS(=O)(=O)C(F)(F)F)C2=O. The molecule has 0 aromatic heterocycles. The van der Waals surface area contributed by atoms with Gasteiger partial charge >= 0.3 is 21.6 Å². The number of unbranched alkanes of at least 4 members (excludes halogenated alkanes) is 1. The maximum atomic E-state index is 12.7. The van der Waals surface area contributed by atoms with Gasteiger partial charge in [-0.25, -0.2) is 4.79 Å². The minimum atomic E-state index is -6.25. The van der Waals surface area contributed by atoms with Gasteiger partial charge in [-0.1, -0.05) is 31.5 Å². The summed E-state index contributed by atoms with van der Waals surface area (Å²) >= 11 is 0. The first-order valence-electron chi connectivity index (χ1n) is 9.28. The lowest BCUT2D eigenvalue weighted by Gasteiger charge is -2.26. The van der Waals surface area contributed by atoms with Crippen molar-refractivity contribution in [3.05, 3.63) is 53.1 Å². The molecule has 0 atom stereocenters. The van der Waals surface area contributed by atoms with Crippen LogP contribution in [0.1, 0.15) is 46.0 Å². The van der Waals surface area contributed by atoms with Crippen LogP contribution < -0.4 is 0 Å². The highest BCUT2D eigenvalue weighted by Crippen LogP contribution is 2.34. The second-order valence-electron chi connectivity index (χ2n) is 6.66. The van der Waals surface area contributed by atoms with Crippen molar-refractivity contribution in [1.82, 2.24) is 5.06 Å². The Bertz CT molecular complexity index is 1210. The van der Waals surface area contributed by atoms with Crippen LogP contribution in [0.2, 0.25) is 0 Å². The van der Waals surface area contributed by atoms with Crippen LogP contribution >= 0.6 is 0 Å². The number of nitrogens with zero attached hydrogens (tertiary/aromatic N) is 1. The molecule has 2 aromatic carbocycles. The Labute approximate surface area is 180 Å². The fraction of sp³-hybridized carbons (Fsp3) is 0.250. The number of imide groups is 1. The Morgan fingerprint density at radius 2 is 1.75 bits per heavy atom. The first-order chi connectivity index (χ1) is 15.0. The maximum absolute atomic E-state index is 12.7. The average Bonchev–Trinajstić information content (AvgIpc) is 2.73. The number of hydrogen-bond acceptors (Lipinski definition) is 7. The summed E-state index contributed by atoms with van der Waals surface area (Å²) in [5.41, 5.74) is -5.89. The molecule has 1 heterocycles. The van der Waals surface area contributed by atoms with Gasteiger partial charge in [0.15, 0.2) is 0 Å². The average molecular weight is 471 g/mol. The summed E-state index contributed by atoms with van der Waals surface area (Å²) in [4.78, 5) is 37.0. The zero-order valence-electron chi connectivity index (χ0n) is 16.5. The minimum absolute atomic E-state index is 0.0910. The van der Waals surface area contributed by atoms with E-state index in [0.29, 0.717) is 17.4 Å². The van der Waals surface area contributed by atoms with Crippen molar-refractivity contribution < 1.29 is 45.0 Å². The fourth-order valence-corrected chi connectivity index (χ4v) is 3.39. The van der Waals surface area contributed by atoms with Gasteiger partial charge in [0, 0.05) is 11.5 Å². The number of esters is 1. The number of hydroxylamine groups is 2. The van der Waals surface area contributed by atoms with Crippen molar-refractivity contribution in [2.75, 3.05) is 6.61 Å². The van der Waals surface area contributed by atoms with E-state index in [4.69, 9.17) is 4.74 Å². The summed E-state index contributed by atoms with van der Waals surface area (Å²) in [6, 6.07) is 6.72.